The average molecular weight is 487 g/mol. The van der Waals surface area contributed by atoms with Crippen molar-refractivity contribution in [2.45, 2.75) is 37.3 Å². The number of hydrogen-bond acceptors (Lipinski definition) is 6. The fourth-order valence-corrected chi connectivity index (χ4v) is 7.13. The lowest BCUT2D eigenvalue weighted by Crippen LogP contribution is -2.22. The molecule has 0 amide bonds. The Morgan fingerprint density at radius 2 is 1.82 bits per heavy atom. The zero-order chi connectivity index (χ0) is 23.2. The Balaban J connectivity index is 1.56. The molecule has 0 saturated carbocycles. The largest absolute Gasteiger partial charge is 0.293 e. The summed E-state index contributed by atoms with van der Waals surface area (Å²) in [6.07, 6.45) is 3.20. The molecule has 6 nitrogen and oxygen atoms in total. The number of aryl methyl sites for hydroxylation is 1. The Bertz CT molecular complexity index is 1590. The van der Waals surface area contributed by atoms with Crippen LogP contribution in [0.4, 0.5) is 0 Å². The van der Waals surface area contributed by atoms with Gasteiger partial charge in [0.05, 0.1) is 16.8 Å². The van der Waals surface area contributed by atoms with Gasteiger partial charge in [-0.1, -0.05) is 67.2 Å². The van der Waals surface area contributed by atoms with Gasteiger partial charge in [0.1, 0.15) is 4.83 Å². The number of carbonyl (C=O) groups is 1. The molecule has 8 heteroatoms. The van der Waals surface area contributed by atoms with Crippen LogP contribution in [0.15, 0.2) is 70.6 Å². The van der Waals surface area contributed by atoms with Crippen molar-refractivity contribution in [2.75, 3.05) is 5.75 Å². The second-order valence-electron chi connectivity index (χ2n) is 8.58. The smallest absolute Gasteiger partial charge is 0.268 e. The minimum atomic E-state index is -0.0516. The number of nitrogens with zero attached hydrogens (tertiary/aromatic N) is 4. The molecule has 1 aliphatic rings. The van der Waals surface area contributed by atoms with E-state index in [0.717, 1.165) is 35.2 Å². The van der Waals surface area contributed by atoms with Crippen LogP contribution in [0.1, 0.15) is 46.5 Å². The number of thiophene rings is 1. The SMILES string of the molecule is C[C@@H]1CCCc2sc3c(c21)c(=O)n(-c1ccccc1)c1nnc(SCC(=O)c2ccccc2)n31. The molecule has 0 N–H and O–H groups in total. The second-order valence-corrected chi connectivity index (χ2v) is 10.6. The highest BCUT2D eigenvalue weighted by Gasteiger charge is 2.28. The summed E-state index contributed by atoms with van der Waals surface area (Å²) in [7, 11) is 0. The maximum atomic E-state index is 13.9. The van der Waals surface area contributed by atoms with E-state index in [1.165, 1.54) is 22.2 Å². The van der Waals surface area contributed by atoms with Gasteiger partial charge in [-0.2, -0.15) is 0 Å². The molecule has 0 spiro atoms. The number of rotatable bonds is 5. The van der Waals surface area contributed by atoms with Gasteiger partial charge in [-0.15, -0.1) is 21.5 Å². The van der Waals surface area contributed by atoms with Crippen LogP contribution < -0.4 is 5.56 Å². The molecule has 1 aliphatic carbocycles. The van der Waals surface area contributed by atoms with E-state index >= 15 is 0 Å². The van der Waals surface area contributed by atoms with Crippen molar-refractivity contribution in [1.29, 1.82) is 0 Å². The fourth-order valence-electron chi connectivity index (χ4n) is 4.79. The van der Waals surface area contributed by atoms with E-state index in [0.29, 0.717) is 22.4 Å². The zero-order valence-electron chi connectivity index (χ0n) is 18.6. The van der Waals surface area contributed by atoms with E-state index in [4.69, 9.17) is 0 Å². The average Bonchev–Trinajstić information content (AvgIpc) is 3.46. The third kappa shape index (κ3) is 3.40. The van der Waals surface area contributed by atoms with Crippen LogP contribution in [0, 0.1) is 0 Å². The zero-order valence-corrected chi connectivity index (χ0v) is 20.2. The number of Topliss-reactive ketones (excluding diaryl/α,β-unsaturated/α-hetero) is 1. The summed E-state index contributed by atoms with van der Waals surface area (Å²) in [5, 5.41) is 10.3. The quantitative estimate of drug-likeness (QED) is 0.242. The number of aromatic nitrogens is 4. The normalized spacial score (nSPS) is 15.6. The lowest BCUT2D eigenvalue weighted by molar-refractivity contribution is 0.102. The molecule has 0 unspecified atom stereocenters. The van der Waals surface area contributed by atoms with Gasteiger partial charge in [-0.3, -0.25) is 9.59 Å². The minimum Gasteiger partial charge on any atom is -0.293 e. The summed E-state index contributed by atoms with van der Waals surface area (Å²) in [5.74, 6) is 1.09. The minimum absolute atomic E-state index is 0.0362. The molecule has 3 aromatic heterocycles. The molecule has 5 aromatic rings. The highest BCUT2D eigenvalue weighted by Crippen LogP contribution is 2.41. The summed E-state index contributed by atoms with van der Waals surface area (Å²) in [6.45, 7) is 2.21. The Morgan fingerprint density at radius 1 is 1.09 bits per heavy atom. The standard InChI is InChI=1S/C26H22N4O2S2/c1-16-9-8-14-20-21(16)22-23(32)29(18-12-6-3-7-13-18)25-27-28-26(30(25)24(22)34-20)33-15-19(31)17-10-4-2-5-11-17/h2-7,10-13,16H,8-9,14-15H2,1H3/t16-/m1/s1. The molecule has 170 valence electrons. The maximum Gasteiger partial charge on any atom is 0.268 e. The van der Waals surface area contributed by atoms with Crippen LogP contribution in [0.2, 0.25) is 0 Å². The number of para-hydroxylation sites is 1. The van der Waals surface area contributed by atoms with E-state index in [2.05, 4.69) is 17.1 Å². The van der Waals surface area contributed by atoms with Crippen molar-refractivity contribution < 1.29 is 4.79 Å². The van der Waals surface area contributed by atoms with E-state index in [9.17, 15) is 9.59 Å². The highest BCUT2D eigenvalue weighted by molar-refractivity contribution is 7.99. The molecule has 3 heterocycles. The van der Waals surface area contributed by atoms with Crippen LogP contribution in [0.5, 0.6) is 0 Å². The van der Waals surface area contributed by atoms with Gasteiger partial charge in [-0.05, 0) is 42.9 Å². The van der Waals surface area contributed by atoms with E-state index in [1.54, 1.807) is 15.9 Å². The third-order valence-electron chi connectivity index (χ3n) is 6.42. The number of hydrogen-bond donors (Lipinski definition) is 0. The van der Waals surface area contributed by atoms with Gasteiger partial charge >= 0.3 is 0 Å². The van der Waals surface area contributed by atoms with Crippen molar-refractivity contribution in [3.63, 3.8) is 0 Å². The van der Waals surface area contributed by atoms with Crippen molar-refractivity contribution >= 4 is 44.9 Å². The van der Waals surface area contributed by atoms with Crippen molar-refractivity contribution in [1.82, 2.24) is 19.2 Å². The molecule has 1 atom stereocenters. The van der Waals surface area contributed by atoms with Crippen LogP contribution in [-0.2, 0) is 6.42 Å². The van der Waals surface area contributed by atoms with Gasteiger partial charge in [0, 0.05) is 10.4 Å². The Hall–Kier alpha value is -3.23. The molecule has 0 fully saturated rings. The number of carbonyl (C=O) groups excluding carboxylic acids is 1. The first kappa shape index (κ1) is 21.3. The summed E-state index contributed by atoms with van der Waals surface area (Å²) in [5.41, 5.74) is 2.56. The van der Waals surface area contributed by atoms with Gasteiger partial charge in [0.15, 0.2) is 10.9 Å². The van der Waals surface area contributed by atoms with Crippen molar-refractivity contribution in [2.24, 2.45) is 0 Å². The molecule has 0 saturated heterocycles. The Labute approximate surface area is 204 Å². The number of fused-ring (bicyclic) bond motifs is 5. The Kier molecular flexibility index (Phi) is 5.34. The molecule has 34 heavy (non-hydrogen) atoms. The predicted molar refractivity (Wildman–Crippen MR) is 137 cm³/mol. The first-order valence-corrected chi connectivity index (χ1v) is 13.2. The second kappa shape index (κ2) is 8.52. The Morgan fingerprint density at radius 3 is 2.59 bits per heavy atom. The van der Waals surface area contributed by atoms with E-state index < -0.39 is 0 Å². The summed E-state index contributed by atoms with van der Waals surface area (Å²) in [6, 6.07) is 18.9. The molecule has 0 bridgehead atoms. The predicted octanol–water partition coefficient (Wildman–Crippen LogP) is 5.51. The van der Waals surface area contributed by atoms with Crippen LogP contribution in [0.25, 0.3) is 21.7 Å². The van der Waals surface area contributed by atoms with Gasteiger partial charge in [0.25, 0.3) is 5.56 Å². The van der Waals surface area contributed by atoms with Crippen LogP contribution in [0.3, 0.4) is 0 Å². The first-order valence-electron chi connectivity index (χ1n) is 11.4. The number of ketones is 1. The topological polar surface area (TPSA) is 69.3 Å². The maximum absolute atomic E-state index is 13.9. The van der Waals surface area contributed by atoms with Crippen LogP contribution >= 0.6 is 23.1 Å². The molecule has 2 aromatic carbocycles. The van der Waals surface area contributed by atoms with Gasteiger partial charge in [0.2, 0.25) is 5.78 Å². The molecule has 0 radical (unpaired) electrons. The highest BCUT2D eigenvalue weighted by atomic mass is 32.2. The lowest BCUT2D eigenvalue weighted by Gasteiger charge is -2.18. The molecular weight excluding hydrogens is 464 g/mol. The summed E-state index contributed by atoms with van der Waals surface area (Å²) < 4.78 is 3.63. The fraction of sp³-hybridized carbons (Fsp3) is 0.231. The van der Waals surface area contributed by atoms with Gasteiger partial charge in [-0.25, -0.2) is 8.97 Å². The lowest BCUT2D eigenvalue weighted by atomic mass is 9.88. The number of benzene rings is 2. The third-order valence-corrected chi connectivity index (χ3v) is 8.60. The summed E-state index contributed by atoms with van der Waals surface area (Å²) in [4.78, 5) is 28.8. The first-order chi connectivity index (χ1) is 16.6. The molecule has 6 rings (SSSR count). The van der Waals surface area contributed by atoms with Crippen LogP contribution in [-0.4, -0.2) is 30.7 Å². The van der Waals surface area contributed by atoms with Gasteiger partial charge < -0.3 is 0 Å². The monoisotopic (exact) mass is 486 g/mol. The van der Waals surface area contributed by atoms with E-state index in [-0.39, 0.29) is 17.1 Å². The number of thioether (sulfide) groups is 1. The van der Waals surface area contributed by atoms with E-state index in [1.807, 2.05) is 65.1 Å². The summed E-state index contributed by atoms with van der Waals surface area (Å²) >= 11 is 3.03. The van der Waals surface area contributed by atoms with Crippen molar-refractivity contribution in [3.05, 3.63) is 87.0 Å². The molecule has 0 aliphatic heterocycles. The van der Waals surface area contributed by atoms with Crippen molar-refractivity contribution in [3.8, 4) is 5.69 Å². The molecular formula is C26H22N4O2S2.